The summed E-state index contributed by atoms with van der Waals surface area (Å²) >= 11 is 0. The highest BCUT2D eigenvalue weighted by Crippen LogP contribution is 2.33. The van der Waals surface area contributed by atoms with Crippen LogP contribution in [-0.4, -0.2) is 50.6 Å². The molecule has 1 aromatic carbocycles. The zero-order chi connectivity index (χ0) is 24.5. The Labute approximate surface area is 200 Å². The number of nitrogens with zero attached hydrogens (tertiary/aromatic N) is 6. The zero-order valence-corrected chi connectivity index (χ0v) is 19.6. The van der Waals surface area contributed by atoms with Crippen molar-refractivity contribution in [3.05, 3.63) is 70.5 Å². The van der Waals surface area contributed by atoms with Crippen molar-refractivity contribution in [2.24, 2.45) is 7.05 Å². The highest BCUT2D eigenvalue weighted by Gasteiger charge is 2.26. The van der Waals surface area contributed by atoms with E-state index in [1.165, 1.54) is 12.1 Å². The summed E-state index contributed by atoms with van der Waals surface area (Å²) in [7, 11) is 1.89. The van der Waals surface area contributed by atoms with Crippen LogP contribution in [0, 0.1) is 11.6 Å². The maximum atomic E-state index is 14.7. The quantitative estimate of drug-likeness (QED) is 0.437. The van der Waals surface area contributed by atoms with E-state index in [0.717, 1.165) is 12.5 Å². The molecule has 2 aliphatic heterocycles. The minimum atomic E-state index is -0.728. The van der Waals surface area contributed by atoms with Crippen LogP contribution in [0.25, 0.3) is 22.2 Å². The van der Waals surface area contributed by atoms with Crippen molar-refractivity contribution in [3.63, 3.8) is 0 Å². The van der Waals surface area contributed by atoms with E-state index < -0.39 is 11.6 Å². The molecule has 0 aliphatic carbocycles. The number of benzene rings is 1. The minimum absolute atomic E-state index is 0.133. The standard InChI is InChI=1S/C21H20F2N4O2.C4H6N2/c1-12-4-5-27-20(12)25-19-15(21(27)28)11-17(26-6-8-29-9-7-26)24-18(19)14-3-2-13(22)10-16(14)23;1-6-4-2-3-5-6/h2-3,10-12H,4-9H2,1H3;2-4H,1H3/t12-;/m0./s1. The molecule has 0 unspecified atom stereocenters. The third-order valence-electron chi connectivity index (χ3n) is 6.34. The maximum absolute atomic E-state index is 14.7. The molecule has 1 saturated heterocycles. The van der Waals surface area contributed by atoms with Gasteiger partial charge < -0.3 is 9.64 Å². The first-order chi connectivity index (χ1) is 16.9. The molecule has 10 heteroatoms. The fraction of sp³-hybridized carbons (Fsp3) is 0.360. The van der Waals surface area contributed by atoms with Gasteiger partial charge >= 0.3 is 0 Å². The molecule has 0 radical (unpaired) electrons. The Morgan fingerprint density at radius 3 is 2.54 bits per heavy atom. The van der Waals surface area contributed by atoms with Crippen LogP contribution in [0.4, 0.5) is 14.6 Å². The van der Waals surface area contributed by atoms with Gasteiger partial charge in [-0.3, -0.25) is 14.0 Å². The fourth-order valence-corrected chi connectivity index (χ4v) is 4.44. The number of morpholine rings is 1. The van der Waals surface area contributed by atoms with Crippen LogP contribution in [0.5, 0.6) is 0 Å². The average molecular weight is 481 g/mol. The van der Waals surface area contributed by atoms with Gasteiger partial charge in [-0.15, -0.1) is 0 Å². The van der Waals surface area contributed by atoms with Crippen molar-refractivity contribution in [3.8, 4) is 11.3 Å². The lowest BCUT2D eigenvalue weighted by Gasteiger charge is -2.28. The molecule has 0 amide bonds. The first-order valence-electron chi connectivity index (χ1n) is 11.6. The van der Waals surface area contributed by atoms with E-state index in [-0.39, 0.29) is 22.7 Å². The van der Waals surface area contributed by atoms with Gasteiger partial charge in [0.15, 0.2) is 0 Å². The van der Waals surface area contributed by atoms with Crippen LogP contribution in [0.1, 0.15) is 25.1 Å². The number of ether oxygens (including phenoxy) is 1. The largest absolute Gasteiger partial charge is 0.378 e. The smallest absolute Gasteiger partial charge is 0.261 e. The summed E-state index contributed by atoms with van der Waals surface area (Å²) in [5.41, 5.74) is 0.614. The number of hydrogen-bond acceptors (Lipinski definition) is 6. The number of aryl methyl sites for hydroxylation is 1. The Balaban J connectivity index is 0.000000371. The number of fused-ring (bicyclic) bond motifs is 2. The summed E-state index contributed by atoms with van der Waals surface area (Å²) in [5, 5.41) is 4.23. The highest BCUT2D eigenvalue weighted by atomic mass is 19.1. The third-order valence-corrected chi connectivity index (χ3v) is 6.34. The van der Waals surface area contributed by atoms with Crippen LogP contribution in [0.15, 0.2) is 47.5 Å². The van der Waals surface area contributed by atoms with Crippen molar-refractivity contribution in [2.45, 2.75) is 25.8 Å². The normalized spacial score (nSPS) is 17.3. The molecular weight excluding hydrogens is 454 g/mol. The van der Waals surface area contributed by atoms with Crippen LogP contribution in [0.2, 0.25) is 0 Å². The lowest BCUT2D eigenvalue weighted by atomic mass is 10.1. The van der Waals surface area contributed by atoms with Gasteiger partial charge in [-0.05, 0) is 30.7 Å². The number of halogens is 2. The van der Waals surface area contributed by atoms with Crippen molar-refractivity contribution in [2.75, 3.05) is 31.2 Å². The molecule has 0 saturated carbocycles. The summed E-state index contributed by atoms with van der Waals surface area (Å²) in [6.07, 6.45) is 4.47. The molecule has 1 fully saturated rings. The first-order valence-corrected chi connectivity index (χ1v) is 11.6. The highest BCUT2D eigenvalue weighted by molar-refractivity contribution is 5.93. The second-order valence-corrected chi connectivity index (χ2v) is 8.75. The molecule has 8 nitrogen and oxygen atoms in total. The Morgan fingerprint density at radius 2 is 1.89 bits per heavy atom. The summed E-state index contributed by atoms with van der Waals surface area (Å²) < 4.78 is 37.0. The molecule has 6 rings (SSSR count). The van der Waals surface area contributed by atoms with Crippen LogP contribution >= 0.6 is 0 Å². The fourth-order valence-electron chi connectivity index (χ4n) is 4.44. The van der Waals surface area contributed by atoms with Gasteiger partial charge in [-0.2, -0.15) is 5.10 Å². The van der Waals surface area contributed by atoms with Gasteiger partial charge in [0, 0.05) is 56.6 Å². The molecule has 1 atom stereocenters. The Bertz CT molecular complexity index is 1410. The molecule has 5 heterocycles. The van der Waals surface area contributed by atoms with Crippen molar-refractivity contribution < 1.29 is 13.5 Å². The maximum Gasteiger partial charge on any atom is 0.261 e. The summed E-state index contributed by atoms with van der Waals surface area (Å²) in [4.78, 5) is 24.6. The van der Waals surface area contributed by atoms with Crippen LogP contribution < -0.4 is 10.5 Å². The number of rotatable bonds is 2. The molecular formula is C25H26F2N6O2. The Morgan fingerprint density at radius 1 is 1.09 bits per heavy atom. The van der Waals surface area contributed by atoms with E-state index in [1.807, 2.05) is 31.1 Å². The zero-order valence-electron chi connectivity index (χ0n) is 19.6. The summed E-state index contributed by atoms with van der Waals surface area (Å²) in [6, 6.07) is 6.99. The average Bonchev–Trinajstić information content (AvgIpc) is 3.49. The van der Waals surface area contributed by atoms with Crippen molar-refractivity contribution >= 4 is 16.7 Å². The minimum Gasteiger partial charge on any atom is -0.378 e. The Hall–Kier alpha value is -3.66. The second-order valence-electron chi connectivity index (χ2n) is 8.75. The molecule has 0 N–H and O–H groups in total. The van der Waals surface area contributed by atoms with Crippen molar-refractivity contribution in [1.82, 2.24) is 24.3 Å². The molecule has 182 valence electrons. The van der Waals surface area contributed by atoms with Gasteiger partial charge in [-0.1, -0.05) is 6.92 Å². The monoisotopic (exact) mass is 480 g/mol. The van der Waals surface area contributed by atoms with Gasteiger partial charge in [0.25, 0.3) is 5.56 Å². The number of aromatic nitrogens is 5. The summed E-state index contributed by atoms with van der Waals surface area (Å²) in [5.74, 6) is 0.00459. The topological polar surface area (TPSA) is 78.1 Å². The number of hydrogen-bond donors (Lipinski definition) is 0. The van der Waals surface area contributed by atoms with E-state index in [1.54, 1.807) is 21.5 Å². The first kappa shape index (κ1) is 23.1. The lowest BCUT2D eigenvalue weighted by molar-refractivity contribution is 0.122. The van der Waals surface area contributed by atoms with Gasteiger partial charge in [0.05, 0.1) is 18.6 Å². The van der Waals surface area contributed by atoms with E-state index in [0.29, 0.717) is 55.4 Å². The van der Waals surface area contributed by atoms with E-state index in [9.17, 15) is 13.6 Å². The van der Waals surface area contributed by atoms with Crippen LogP contribution in [0.3, 0.4) is 0 Å². The van der Waals surface area contributed by atoms with E-state index >= 15 is 0 Å². The molecule has 35 heavy (non-hydrogen) atoms. The number of anilines is 1. The van der Waals surface area contributed by atoms with E-state index in [2.05, 4.69) is 10.1 Å². The van der Waals surface area contributed by atoms with Crippen molar-refractivity contribution in [1.29, 1.82) is 0 Å². The van der Waals surface area contributed by atoms with Gasteiger partial charge in [0.2, 0.25) is 0 Å². The molecule has 4 aromatic rings. The molecule has 0 spiro atoms. The van der Waals surface area contributed by atoms with Crippen LogP contribution in [-0.2, 0) is 18.3 Å². The SMILES string of the molecule is C[C@H]1CCn2c1nc1c(-c3ccc(F)cc3F)nc(N3CCOCC3)cc1c2=O.Cn1cccn1. The van der Waals surface area contributed by atoms with E-state index in [4.69, 9.17) is 9.72 Å². The third kappa shape index (κ3) is 4.53. The Kier molecular flexibility index (Phi) is 6.29. The number of pyridine rings is 1. The molecule has 3 aromatic heterocycles. The lowest BCUT2D eigenvalue weighted by Crippen LogP contribution is -2.37. The van der Waals surface area contributed by atoms with Gasteiger partial charge in [-0.25, -0.2) is 18.7 Å². The molecule has 0 bridgehead atoms. The molecule has 2 aliphatic rings. The predicted octanol–water partition coefficient (Wildman–Crippen LogP) is 3.50. The second kappa shape index (κ2) is 9.53. The summed E-state index contributed by atoms with van der Waals surface area (Å²) in [6.45, 7) is 5.00. The predicted molar refractivity (Wildman–Crippen MR) is 128 cm³/mol. The van der Waals surface area contributed by atoms with Gasteiger partial charge in [0.1, 0.15) is 34.5 Å².